The molecule has 0 N–H and O–H groups in total. The van der Waals surface area contributed by atoms with Crippen molar-refractivity contribution in [3.63, 3.8) is 0 Å². The smallest absolute Gasteiger partial charge is 0.253 e. The van der Waals surface area contributed by atoms with E-state index in [4.69, 9.17) is 11.6 Å². The van der Waals surface area contributed by atoms with E-state index in [0.29, 0.717) is 16.5 Å². The first-order valence-corrected chi connectivity index (χ1v) is 10.6. The minimum Gasteiger partial charge on any atom is -0.338 e. The molecule has 1 aliphatic heterocycles. The van der Waals surface area contributed by atoms with Crippen molar-refractivity contribution in [3.05, 3.63) is 71.3 Å². The molecule has 0 bridgehead atoms. The lowest BCUT2D eigenvalue weighted by Crippen LogP contribution is -2.48. The van der Waals surface area contributed by atoms with Gasteiger partial charge >= 0.3 is 0 Å². The third-order valence-corrected chi connectivity index (χ3v) is 5.79. The minimum absolute atomic E-state index is 0.0268. The Balaban J connectivity index is 1.64. The molecule has 1 aliphatic rings. The molecule has 5 heteroatoms. The maximum Gasteiger partial charge on any atom is 0.253 e. The highest BCUT2D eigenvalue weighted by Gasteiger charge is 2.28. The van der Waals surface area contributed by atoms with Gasteiger partial charge in [-0.1, -0.05) is 45.4 Å². The lowest BCUT2D eigenvalue weighted by molar-refractivity contribution is 0.0530. The molecular formula is C25H26ClN3O. The van der Waals surface area contributed by atoms with Gasteiger partial charge in [0.05, 0.1) is 0 Å². The van der Waals surface area contributed by atoms with Gasteiger partial charge in [0.15, 0.2) is 0 Å². The molecule has 154 valence electrons. The first-order valence-electron chi connectivity index (χ1n) is 10.2. The van der Waals surface area contributed by atoms with Crippen LogP contribution in [0.15, 0.2) is 55.0 Å². The number of aromatic nitrogens is 2. The third kappa shape index (κ3) is 4.10. The van der Waals surface area contributed by atoms with Crippen molar-refractivity contribution in [1.29, 1.82) is 0 Å². The third-order valence-electron chi connectivity index (χ3n) is 5.48. The number of hydrogen-bond donors (Lipinski definition) is 0. The monoisotopic (exact) mass is 419 g/mol. The van der Waals surface area contributed by atoms with Crippen LogP contribution < -0.4 is 0 Å². The number of likely N-dealkylation sites (tertiary alicyclic amines) is 1. The van der Waals surface area contributed by atoms with Gasteiger partial charge in [-0.2, -0.15) is 0 Å². The number of carbonyl (C=O) groups excluding carboxylic acids is 1. The van der Waals surface area contributed by atoms with Gasteiger partial charge in [0.25, 0.3) is 5.91 Å². The zero-order valence-corrected chi connectivity index (χ0v) is 18.6. The zero-order valence-electron chi connectivity index (χ0n) is 17.8. The summed E-state index contributed by atoms with van der Waals surface area (Å²) in [5, 5.41) is 0.554. The van der Waals surface area contributed by atoms with E-state index in [9.17, 15) is 4.79 Å². The Labute approximate surface area is 182 Å². The average molecular weight is 420 g/mol. The maximum atomic E-state index is 12.6. The topological polar surface area (TPSA) is 46.1 Å². The van der Waals surface area contributed by atoms with E-state index >= 15 is 0 Å². The first-order chi connectivity index (χ1) is 14.2. The highest BCUT2D eigenvalue weighted by Crippen LogP contribution is 2.32. The number of amides is 1. The van der Waals surface area contributed by atoms with Gasteiger partial charge in [0.2, 0.25) is 0 Å². The van der Waals surface area contributed by atoms with Crippen LogP contribution in [0.3, 0.4) is 0 Å². The van der Waals surface area contributed by atoms with Crippen molar-refractivity contribution in [2.75, 3.05) is 13.1 Å². The standard InChI is InChI=1S/C25H26ClN3O/c1-16-14-29(15-16)24(30)18-5-6-21(22(26)10-18)20-9-19(12-27-13-20)17-7-8-28-23(11-17)25(2,3)4/h5-13,16H,14-15H2,1-4H3. The van der Waals surface area contributed by atoms with Gasteiger partial charge < -0.3 is 4.90 Å². The van der Waals surface area contributed by atoms with Crippen LogP contribution in [-0.2, 0) is 5.41 Å². The molecule has 1 aromatic carbocycles. The Bertz CT molecular complexity index is 1100. The quantitative estimate of drug-likeness (QED) is 0.534. The fraction of sp³-hybridized carbons (Fsp3) is 0.320. The Morgan fingerprint density at radius 2 is 1.77 bits per heavy atom. The molecule has 2 aromatic heterocycles. The number of carbonyl (C=O) groups is 1. The summed E-state index contributed by atoms with van der Waals surface area (Å²) in [6, 6.07) is 11.7. The van der Waals surface area contributed by atoms with Crippen molar-refractivity contribution in [3.8, 4) is 22.3 Å². The summed E-state index contributed by atoms with van der Waals surface area (Å²) in [7, 11) is 0. The molecule has 0 radical (unpaired) electrons. The van der Waals surface area contributed by atoms with Crippen LogP contribution in [-0.4, -0.2) is 33.9 Å². The highest BCUT2D eigenvalue weighted by molar-refractivity contribution is 6.33. The Morgan fingerprint density at radius 1 is 1.03 bits per heavy atom. The molecule has 3 aromatic rings. The molecule has 0 saturated carbocycles. The van der Waals surface area contributed by atoms with Gasteiger partial charge in [0, 0.05) is 70.1 Å². The molecule has 0 spiro atoms. The number of rotatable bonds is 3. The van der Waals surface area contributed by atoms with Crippen LogP contribution in [0.4, 0.5) is 0 Å². The predicted molar refractivity (Wildman–Crippen MR) is 122 cm³/mol. The molecule has 1 fully saturated rings. The predicted octanol–water partition coefficient (Wildman–Crippen LogP) is 5.85. The molecule has 0 aliphatic carbocycles. The molecule has 30 heavy (non-hydrogen) atoms. The summed E-state index contributed by atoms with van der Waals surface area (Å²) in [4.78, 5) is 23.4. The molecule has 1 amide bonds. The largest absolute Gasteiger partial charge is 0.338 e. The van der Waals surface area contributed by atoms with Crippen LogP contribution in [0.1, 0.15) is 43.7 Å². The Hall–Kier alpha value is -2.72. The summed E-state index contributed by atoms with van der Waals surface area (Å²) < 4.78 is 0. The Morgan fingerprint density at radius 3 is 2.43 bits per heavy atom. The molecule has 4 rings (SSSR count). The van der Waals surface area contributed by atoms with E-state index in [2.05, 4.69) is 49.8 Å². The van der Waals surface area contributed by atoms with Gasteiger partial charge in [-0.15, -0.1) is 0 Å². The second-order valence-electron chi connectivity index (χ2n) is 9.15. The fourth-order valence-corrected chi connectivity index (χ4v) is 3.98. The number of hydrogen-bond acceptors (Lipinski definition) is 3. The average Bonchev–Trinajstić information content (AvgIpc) is 2.70. The number of nitrogens with zero attached hydrogens (tertiary/aromatic N) is 3. The molecule has 4 nitrogen and oxygen atoms in total. The van der Waals surface area contributed by atoms with E-state index in [-0.39, 0.29) is 11.3 Å². The minimum atomic E-state index is -0.0268. The molecule has 1 saturated heterocycles. The van der Waals surface area contributed by atoms with Crippen LogP contribution >= 0.6 is 11.6 Å². The number of halogens is 1. The van der Waals surface area contributed by atoms with Crippen molar-refractivity contribution in [2.45, 2.75) is 33.1 Å². The second kappa shape index (κ2) is 7.84. The van der Waals surface area contributed by atoms with Crippen molar-refractivity contribution >= 4 is 17.5 Å². The van der Waals surface area contributed by atoms with Gasteiger partial charge in [-0.05, 0) is 41.8 Å². The first kappa shape index (κ1) is 20.5. The van der Waals surface area contributed by atoms with Gasteiger partial charge in [-0.3, -0.25) is 14.8 Å². The van der Waals surface area contributed by atoms with Crippen LogP contribution in [0.2, 0.25) is 5.02 Å². The van der Waals surface area contributed by atoms with E-state index < -0.39 is 0 Å². The second-order valence-corrected chi connectivity index (χ2v) is 9.56. The lowest BCUT2D eigenvalue weighted by atomic mass is 9.90. The van der Waals surface area contributed by atoms with E-state index in [1.807, 2.05) is 35.5 Å². The highest BCUT2D eigenvalue weighted by atomic mass is 35.5. The van der Waals surface area contributed by atoms with Gasteiger partial charge in [-0.25, -0.2) is 0 Å². The summed E-state index contributed by atoms with van der Waals surface area (Å²) in [6.45, 7) is 10.2. The molecule has 0 atom stereocenters. The van der Waals surface area contributed by atoms with E-state index in [0.717, 1.165) is 41.0 Å². The molecular weight excluding hydrogens is 394 g/mol. The maximum absolute atomic E-state index is 12.6. The van der Waals surface area contributed by atoms with Crippen LogP contribution in [0.5, 0.6) is 0 Å². The summed E-state index contributed by atoms with van der Waals surface area (Å²) >= 11 is 6.58. The summed E-state index contributed by atoms with van der Waals surface area (Å²) in [5.74, 6) is 0.615. The molecule has 3 heterocycles. The van der Waals surface area contributed by atoms with Gasteiger partial charge in [0.1, 0.15) is 0 Å². The summed E-state index contributed by atoms with van der Waals surface area (Å²) in [5.41, 5.74) is 5.49. The van der Waals surface area contributed by atoms with Crippen molar-refractivity contribution in [2.24, 2.45) is 5.92 Å². The number of pyridine rings is 2. The zero-order chi connectivity index (χ0) is 21.5. The normalized spacial score (nSPS) is 14.5. The van der Waals surface area contributed by atoms with E-state index in [1.165, 1.54) is 0 Å². The van der Waals surface area contributed by atoms with E-state index in [1.54, 1.807) is 12.3 Å². The number of benzene rings is 1. The molecule has 0 unspecified atom stereocenters. The lowest BCUT2D eigenvalue weighted by Gasteiger charge is -2.37. The Kier molecular flexibility index (Phi) is 5.37. The van der Waals surface area contributed by atoms with Crippen molar-refractivity contribution in [1.82, 2.24) is 14.9 Å². The van der Waals surface area contributed by atoms with Crippen LogP contribution in [0.25, 0.3) is 22.3 Å². The van der Waals surface area contributed by atoms with Crippen LogP contribution in [0, 0.1) is 5.92 Å². The summed E-state index contributed by atoms with van der Waals surface area (Å²) in [6.07, 6.45) is 5.49. The van der Waals surface area contributed by atoms with Crippen molar-refractivity contribution < 1.29 is 4.79 Å². The SMILES string of the molecule is CC1CN(C(=O)c2ccc(-c3cncc(-c4ccnc(C(C)(C)C)c4)c3)c(Cl)c2)C1. The fourth-order valence-electron chi connectivity index (χ4n) is 3.69.